The smallest absolute Gasteiger partial charge is 0.332 e. The molecule has 0 amide bonds. The second-order valence-electron chi connectivity index (χ2n) is 10.4. The van der Waals surface area contributed by atoms with Crippen LogP contribution in [0.5, 0.6) is 5.75 Å². The van der Waals surface area contributed by atoms with Gasteiger partial charge >= 0.3 is 5.69 Å². The van der Waals surface area contributed by atoms with E-state index in [4.69, 9.17) is 4.74 Å². The Morgan fingerprint density at radius 2 is 1.76 bits per heavy atom. The minimum atomic E-state index is -0.755. The van der Waals surface area contributed by atoms with Crippen molar-refractivity contribution in [1.82, 2.24) is 24.8 Å². The number of aromatic amines is 2. The summed E-state index contributed by atoms with van der Waals surface area (Å²) in [6.45, 7) is 4.00. The quantitative estimate of drug-likeness (QED) is 0.127. The van der Waals surface area contributed by atoms with Crippen LogP contribution in [-0.4, -0.2) is 69.5 Å². The van der Waals surface area contributed by atoms with Gasteiger partial charge in [-0.05, 0) is 61.8 Å². The molecule has 5 N–H and O–H groups in total. The summed E-state index contributed by atoms with van der Waals surface area (Å²) < 4.78 is 7.23. The number of likely N-dealkylation sites (N-methyl/N-ethyl adjacent to an activating group) is 1. The maximum Gasteiger partial charge on any atom is 0.332 e. The lowest BCUT2D eigenvalue weighted by molar-refractivity contribution is 0.106. The summed E-state index contributed by atoms with van der Waals surface area (Å²) in [5.41, 5.74) is 1.57. The SMILES string of the molecule is CN(CCOCCCCCCNC[C@H](O)c1ccc(O)c2[nH]c(=O)ccc12)Cc1cccc(-n2ccc(=O)[nH]c2=O)c1. The molecule has 0 aliphatic carbocycles. The van der Waals surface area contributed by atoms with Gasteiger partial charge in [-0.1, -0.05) is 31.0 Å². The molecule has 0 saturated carbocycles. The lowest BCUT2D eigenvalue weighted by Crippen LogP contribution is -2.27. The van der Waals surface area contributed by atoms with Gasteiger partial charge < -0.3 is 25.3 Å². The molecule has 1 atom stereocenters. The number of aliphatic hydroxyl groups excluding tert-OH is 1. The normalized spacial score (nSPS) is 12.3. The van der Waals surface area contributed by atoms with E-state index in [1.807, 2.05) is 31.3 Å². The maximum atomic E-state index is 12.1. The molecule has 0 unspecified atom stereocenters. The third kappa shape index (κ3) is 8.73. The number of H-pyrrole nitrogens is 2. The van der Waals surface area contributed by atoms with Crippen LogP contribution < -0.4 is 22.1 Å². The second-order valence-corrected chi connectivity index (χ2v) is 10.4. The average Bonchev–Trinajstić information content (AvgIpc) is 2.96. The van der Waals surface area contributed by atoms with Crippen LogP contribution in [0.3, 0.4) is 0 Å². The zero-order chi connectivity index (χ0) is 29.9. The van der Waals surface area contributed by atoms with Crippen molar-refractivity contribution >= 4 is 10.9 Å². The van der Waals surface area contributed by atoms with Gasteiger partial charge in [-0.3, -0.25) is 24.0 Å². The number of aromatic nitrogens is 3. The molecule has 0 aliphatic rings. The Kier molecular flexibility index (Phi) is 11.2. The molecule has 4 aromatic rings. The van der Waals surface area contributed by atoms with Gasteiger partial charge in [0, 0.05) is 50.0 Å². The summed E-state index contributed by atoms with van der Waals surface area (Å²) in [7, 11) is 2.02. The van der Waals surface area contributed by atoms with E-state index >= 15 is 0 Å². The van der Waals surface area contributed by atoms with E-state index < -0.39 is 17.4 Å². The number of hydrogen-bond acceptors (Lipinski definition) is 8. The fourth-order valence-electron chi connectivity index (χ4n) is 4.84. The number of nitrogens with one attached hydrogen (secondary N) is 3. The highest BCUT2D eigenvalue weighted by Gasteiger charge is 2.13. The average molecular weight is 578 g/mol. The zero-order valence-electron chi connectivity index (χ0n) is 23.8. The van der Waals surface area contributed by atoms with E-state index in [1.165, 1.54) is 29.0 Å². The lowest BCUT2D eigenvalue weighted by Gasteiger charge is -2.17. The van der Waals surface area contributed by atoms with Gasteiger partial charge in [0.1, 0.15) is 5.75 Å². The summed E-state index contributed by atoms with van der Waals surface area (Å²) in [6.07, 6.45) is 4.82. The fraction of sp³-hybridized carbons (Fsp3) is 0.387. The Hall–Kier alpha value is -4.03. The lowest BCUT2D eigenvalue weighted by atomic mass is 10.0. The molecular weight excluding hydrogens is 538 g/mol. The molecule has 0 spiro atoms. The van der Waals surface area contributed by atoms with Crippen LogP contribution in [0.25, 0.3) is 16.6 Å². The first-order valence-electron chi connectivity index (χ1n) is 14.2. The number of phenolic OH excluding ortho intramolecular Hbond substituents is 1. The molecule has 11 nitrogen and oxygen atoms in total. The van der Waals surface area contributed by atoms with Crippen molar-refractivity contribution in [3.63, 3.8) is 0 Å². The van der Waals surface area contributed by atoms with Gasteiger partial charge in [-0.15, -0.1) is 0 Å². The minimum Gasteiger partial charge on any atom is -0.506 e. The molecule has 224 valence electrons. The standard InChI is InChI=1S/C31H39N5O6/c1-35(21-22-7-6-8-23(19-22)36-15-13-29(40)34-31(36)41)16-18-42-17-5-3-2-4-14-32-20-27(38)24-9-11-26(37)30-25(24)10-12-28(39)33-30/h6-13,15,19,27,32,37-38H,2-5,14,16-18,20-21H2,1H3,(H,33,39)(H,34,40,41)/t27-/m0/s1. The Balaban J connectivity index is 1.05. The van der Waals surface area contributed by atoms with Crippen molar-refractivity contribution in [2.24, 2.45) is 0 Å². The number of phenols is 1. The van der Waals surface area contributed by atoms with Crippen molar-refractivity contribution in [1.29, 1.82) is 0 Å². The number of fused-ring (bicyclic) bond motifs is 1. The number of pyridine rings is 1. The van der Waals surface area contributed by atoms with Crippen LogP contribution in [0.1, 0.15) is 42.9 Å². The molecule has 2 aromatic heterocycles. The minimum absolute atomic E-state index is 0.0199. The summed E-state index contributed by atoms with van der Waals surface area (Å²) in [6, 6.07) is 15.2. The summed E-state index contributed by atoms with van der Waals surface area (Å²) in [4.78, 5) is 42.0. The van der Waals surface area contributed by atoms with Crippen molar-refractivity contribution in [3.05, 3.63) is 103 Å². The molecule has 0 saturated heterocycles. The first kappa shape index (κ1) is 30.9. The molecule has 11 heteroatoms. The third-order valence-electron chi connectivity index (χ3n) is 7.08. The van der Waals surface area contributed by atoms with E-state index in [2.05, 4.69) is 20.2 Å². The van der Waals surface area contributed by atoms with E-state index in [1.54, 1.807) is 12.1 Å². The van der Waals surface area contributed by atoms with Crippen molar-refractivity contribution in [2.45, 2.75) is 38.3 Å². The predicted molar refractivity (Wildman–Crippen MR) is 162 cm³/mol. The number of benzene rings is 2. The number of rotatable bonds is 16. The number of aliphatic hydroxyl groups is 1. The van der Waals surface area contributed by atoms with E-state index in [-0.39, 0.29) is 11.3 Å². The molecule has 0 bridgehead atoms. The summed E-state index contributed by atoms with van der Waals surface area (Å²) in [5.74, 6) is -0.0199. The summed E-state index contributed by atoms with van der Waals surface area (Å²) in [5, 5.41) is 24.5. The maximum absolute atomic E-state index is 12.1. The Morgan fingerprint density at radius 3 is 2.60 bits per heavy atom. The molecule has 0 radical (unpaired) electrons. The van der Waals surface area contributed by atoms with E-state index in [9.17, 15) is 24.6 Å². The fourth-order valence-corrected chi connectivity index (χ4v) is 4.84. The highest BCUT2D eigenvalue weighted by atomic mass is 16.5. The molecule has 0 fully saturated rings. The Bertz CT molecular complexity index is 1630. The topological polar surface area (TPSA) is 153 Å². The first-order chi connectivity index (χ1) is 20.3. The molecule has 0 aliphatic heterocycles. The van der Waals surface area contributed by atoms with Crippen LogP contribution in [0.2, 0.25) is 0 Å². The number of aromatic hydroxyl groups is 1. The van der Waals surface area contributed by atoms with Gasteiger partial charge in [0.25, 0.3) is 5.56 Å². The van der Waals surface area contributed by atoms with Gasteiger partial charge in [-0.2, -0.15) is 0 Å². The van der Waals surface area contributed by atoms with E-state index in [0.717, 1.165) is 44.3 Å². The van der Waals surface area contributed by atoms with Crippen LogP contribution in [-0.2, 0) is 11.3 Å². The van der Waals surface area contributed by atoms with Crippen LogP contribution >= 0.6 is 0 Å². The number of unbranched alkanes of at least 4 members (excludes halogenated alkanes) is 3. The molecule has 2 aromatic carbocycles. The third-order valence-corrected chi connectivity index (χ3v) is 7.08. The van der Waals surface area contributed by atoms with Crippen molar-refractivity contribution in [2.75, 3.05) is 39.9 Å². The largest absolute Gasteiger partial charge is 0.506 e. The Morgan fingerprint density at radius 1 is 0.952 bits per heavy atom. The Labute approximate surface area is 243 Å². The van der Waals surface area contributed by atoms with Gasteiger partial charge in [0.05, 0.1) is 23.9 Å². The molecular formula is C31H39N5O6. The summed E-state index contributed by atoms with van der Waals surface area (Å²) >= 11 is 0. The predicted octanol–water partition coefficient (Wildman–Crippen LogP) is 2.40. The van der Waals surface area contributed by atoms with Crippen molar-refractivity contribution < 1.29 is 14.9 Å². The van der Waals surface area contributed by atoms with Gasteiger partial charge in [-0.25, -0.2) is 4.79 Å². The zero-order valence-corrected chi connectivity index (χ0v) is 23.8. The van der Waals surface area contributed by atoms with Gasteiger partial charge in [0.15, 0.2) is 0 Å². The van der Waals surface area contributed by atoms with Crippen molar-refractivity contribution in [3.8, 4) is 11.4 Å². The molecule has 4 rings (SSSR count). The van der Waals surface area contributed by atoms with Gasteiger partial charge in [0.2, 0.25) is 5.56 Å². The number of ether oxygens (including phenoxy) is 1. The monoisotopic (exact) mass is 577 g/mol. The highest BCUT2D eigenvalue weighted by Crippen LogP contribution is 2.28. The van der Waals surface area contributed by atoms with Crippen LogP contribution in [0.15, 0.2) is 75.2 Å². The molecule has 2 heterocycles. The van der Waals surface area contributed by atoms with E-state index in [0.29, 0.717) is 48.5 Å². The number of hydrogen-bond donors (Lipinski definition) is 5. The molecule has 42 heavy (non-hydrogen) atoms. The second kappa shape index (κ2) is 15.3. The first-order valence-corrected chi connectivity index (χ1v) is 14.2. The van der Waals surface area contributed by atoms with Crippen LogP contribution in [0.4, 0.5) is 0 Å². The van der Waals surface area contributed by atoms with Crippen LogP contribution in [0, 0.1) is 0 Å². The highest BCUT2D eigenvalue weighted by molar-refractivity contribution is 5.87. The number of nitrogens with zero attached hydrogens (tertiary/aromatic N) is 2.